The summed E-state index contributed by atoms with van der Waals surface area (Å²) in [5.41, 5.74) is 0.640. The molecule has 0 aliphatic rings. The summed E-state index contributed by atoms with van der Waals surface area (Å²) in [6.07, 6.45) is 0.810. The Balaban J connectivity index is 2.54. The Hall–Kier alpha value is -1.29. The van der Waals surface area contributed by atoms with Crippen molar-refractivity contribution in [2.75, 3.05) is 19.3 Å². The van der Waals surface area contributed by atoms with Gasteiger partial charge >= 0.3 is 0 Å². The maximum Gasteiger partial charge on any atom is 0.232 e. The summed E-state index contributed by atoms with van der Waals surface area (Å²) < 4.78 is 0. The van der Waals surface area contributed by atoms with Crippen LogP contribution in [0.4, 0.5) is 0 Å². The van der Waals surface area contributed by atoms with Gasteiger partial charge in [-0.3, -0.25) is 9.59 Å². The van der Waals surface area contributed by atoms with Gasteiger partial charge in [-0.1, -0.05) is 12.1 Å². The summed E-state index contributed by atoms with van der Waals surface area (Å²) in [6.45, 7) is 2.66. The number of benzene rings is 1. The lowest BCUT2D eigenvalue weighted by molar-refractivity contribution is -0.126. The van der Waals surface area contributed by atoms with Crippen molar-refractivity contribution in [3.8, 4) is 0 Å². The first-order valence-electron chi connectivity index (χ1n) is 5.09. The van der Waals surface area contributed by atoms with Crippen LogP contribution < -0.4 is 0 Å². The molecule has 0 atom stereocenters. The first-order valence-corrected chi connectivity index (χ1v) is 6.08. The second kappa shape index (κ2) is 6.33. The molecule has 4 heteroatoms. The molecule has 16 heavy (non-hydrogen) atoms. The number of rotatable bonds is 5. The smallest absolute Gasteiger partial charge is 0.232 e. The average molecular weight is 237 g/mol. The molecule has 3 nitrogen and oxygen atoms in total. The highest BCUT2D eigenvalue weighted by atomic mass is 32.2. The molecule has 1 rings (SSSR count). The second-order valence-electron chi connectivity index (χ2n) is 3.39. The molecule has 86 valence electrons. The third-order valence-corrected chi connectivity index (χ3v) is 3.24. The lowest BCUT2D eigenvalue weighted by atomic mass is 10.2. The topological polar surface area (TPSA) is 37.4 Å². The number of amides is 1. The molecule has 0 aliphatic carbocycles. The van der Waals surface area contributed by atoms with Crippen molar-refractivity contribution in [2.24, 2.45) is 0 Å². The van der Waals surface area contributed by atoms with E-state index >= 15 is 0 Å². The number of hydrogen-bond acceptors (Lipinski definition) is 3. The van der Waals surface area contributed by atoms with E-state index in [1.165, 1.54) is 11.8 Å². The fraction of sp³-hybridized carbons (Fsp3) is 0.333. The van der Waals surface area contributed by atoms with E-state index in [0.29, 0.717) is 17.9 Å². The molecule has 0 bridgehead atoms. The summed E-state index contributed by atoms with van der Waals surface area (Å²) in [4.78, 5) is 24.7. The maximum atomic E-state index is 11.5. The monoisotopic (exact) mass is 237 g/mol. The summed E-state index contributed by atoms with van der Waals surface area (Å²) in [6, 6.07) is 7.25. The van der Waals surface area contributed by atoms with Gasteiger partial charge in [0.05, 0.1) is 5.75 Å². The molecule has 0 aliphatic heterocycles. The van der Waals surface area contributed by atoms with Gasteiger partial charge in [-0.15, -0.1) is 11.8 Å². The van der Waals surface area contributed by atoms with E-state index in [4.69, 9.17) is 0 Å². The van der Waals surface area contributed by atoms with Gasteiger partial charge in [0.1, 0.15) is 6.29 Å². The van der Waals surface area contributed by atoms with E-state index in [1.807, 2.05) is 19.1 Å². The van der Waals surface area contributed by atoms with Crippen LogP contribution in [0.15, 0.2) is 29.2 Å². The standard InChI is InChI=1S/C12H15NO2S/c1-3-13(2)12(15)9-16-11-6-4-5-10(7-11)8-14/h4-8H,3,9H2,1-2H3. The van der Waals surface area contributed by atoms with Crippen molar-refractivity contribution in [1.82, 2.24) is 4.90 Å². The Kier molecular flexibility index (Phi) is 5.05. The third-order valence-electron chi connectivity index (χ3n) is 2.26. The zero-order chi connectivity index (χ0) is 12.0. The third kappa shape index (κ3) is 3.70. The highest BCUT2D eigenvalue weighted by molar-refractivity contribution is 8.00. The first kappa shape index (κ1) is 12.8. The van der Waals surface area contributed by atoms with E-state index in [0.717, 1.165) is 11.2 Å². The molecule has 0 radical (unpaired) electrons. The molecule has 0 heterocycles. The number of hydrogen-bond donors (Lipinski definition) is 0. The number of carbonyl (C=O) groups is 2. The van der Waals surface area contributed by atoms with Crippen LogP contribution in [0.1, 0.15) is 17.3 Å². The Bertz CT molecular complexity index is 379. The van der Waals surface area contributed by atoms with Crippen molar-refractivity contribution >= 4 is 24.0 Å². The van der Waals surface area contributed by atoms with E-state index in [9.17, 15) is 9.59 Å². The van der Waals surface area contributed by atoms with Gasteiger partial charge in [-0.2, -0.15) is 0 Å². The van der Waals surface area contributed by atoms with Crippen molar-refractivity contribution in [1.29, 1.82) is 0 Å². The number of aldehydes is 1. The molecule has 0 spiro atoms. The predicted molar refractivity (Wildman–Crippen MR) is 65.9 cm³/mol. The molecule has 0 saturated heterocycles. The van der Waals surface area contributed by atoms with Crippen LogP contribution in [0, 0.1) is 0 Å². The quantitative estimate of drug-likeness (QED) is 0.581. The van der Waals surface area contributed by atoms with Gasteiger partial charge < -0.3 is 4.90 Å². The molecule has 0 saturated carbocycles. The first-order chi connectivity index (χ1) is 7.67. The van der Waals surface area contributed by atoms with Gasteiger partial charge in [0.2, 0.25) is 5.91 Å². The molecule has 1 aromatic rings. The Morgan fingerprint density at radius 1 is 1.50 bits per heavy atom. The molecule has 1 amide bonds. The number of carbonyl (C=O) groups excluding carboxylic acids is 2. The average Bonchev–Trinajstić information content (AvgIpc) is 2.35. The molecule has 1 aromatic carbocycles. The predicted octanol–water partition coefficient (Wildman–Crippen LogP) is 2.07. The van der Waals surface area contributed by atoms with Crippen LogP contribution in [0.5, 0.6) is 0 Å². The van der Waals surface area contributed by atoms with Crippen molar-refractivity contribution < 1.29 is 9.59 Å². The Morgan fingerprint density at radius 3 is 2.88 bits per heavy atom. The minimum absolute atomic E-state index is 0.101. The van der Waals surface area contributed by atoms with Crippen LogP contribution in [0.3, 0.4) is 0 Å². The van der Waals surface area contributed by atoms with Gasteiger partial charge in [0, 0.05) is 24.1 Å². The van der Waals surface area contributed by atoms with Crippen molar-refractivity contribution in [3.63, 3.8) is 0 Å². The van der Waals surface area contributed by atoms with Crippen molar-refractivity contribution in [3.05, 3.63) is 29.8 Å². The fourth-order valence-electron chi connectivity index (χ4n) is 1.11. The summed E-state index contributed by atoms with van der Waals surface area (Å²) in [7, 11) is 1.78. The lowest BCUT2D eigenvalue weighted by Gasteiger charge is -2.13. The zero-order valence-electron chi connectivity index (χ0n) is 9.47. The Morgan fingerprint density at radius 2 is 2.25 bits per heavy atom. The number of nitrogens with zero attached hydrogens (tertiary/aromatic N) is 1. The minimum Gasteiger partial charge on any atom is -0.345 e. The summed E-state index contributed by atoms with van der Waals surface area (Å²) in [5, 5.41) is 0. The van der Waals surface area contributed by atoms with Crippen LogP contribution in [0.25, 0.3) is 0 Å². The van der Waals surface area contributed by atoms with E-state index in [1.54, 1.807) is 24.1 Å². The Labute approximate surface area is 99.8 Å². The second-order valence-corrected chi connectivity index (χ2v) is 4.44. The normalized spacial score (nSPS) is 9.88. The zero-order valence-corrected chi connectivity index (χ0v) is 10.3. The highest BCUT2D eigenvalue weighted by Gasteiger charge is 2.07. The van der Waals surface area contributed by atoms with E-state index < -0.39 is 0 Å². The SMILES string of the molecule is CCN(C)C(=O)CSc1cccc(C=O)c1. The van der Waals surface area contributed by atoms with Crippen molar-refractivity contribution in [2.45, 2.75) is 11.8 Å². The molecular formula is C12H15NO2S. The molecule has 0 unspecified atom stereocenters. The summed E-state index contributed by atoms with van der Waals surface area (Å²) in [5.74, 6) is 0.510. The van der Waals surface area contributed by atoms with Gasteiger partial charge in [0.25, 0.3) is 0 Å². The lowest BCUT2D eigenvalue weighted by Crippen LogP contribution is -2.27. The molecule has 0 N–H and O–H groups in total. The minimum atomic E-state index is 0.101. The van der Waals surface area contributed by atoms with Gasteiger partial charge in [-0.05, 0) is 19.1 Å². The van der Waals surface area contributed by atoms with Gasteiger partial charge in [0.15, 0.2) is 0 Å². The van der Waals surface area contributed by atoms with Crippen LogP contribution >= 0.6 is 11.8 Å². The highest BCUT2D eigenvalue weighted by Crippen LogP contribution is 2.18. The maximum absolute atomic E-state index is 11.5. The fourth-order valence-corrected chi connectivity index (χ4v) is 2.01. The molecule has 0 aromatic heterocycles. The molecule has 0 fully saturated rings. The molecular weight excluding hydrogens is 222 g/mol. The van der Waals surface area contributed by atoms with E-state index in [2.05, 4.69) is 0 Å². The number of thioether (sulfide) groups is 1. The largest absolute Gasteiger partial charge is 0.345 e. The van der Waals surface area contributed by atoms with Crippen LogP contribution in [-0.4, -0.2) is 36.4 Å². The van der Waals surface area contributed by atoms with E-state index in [-0.39, 0.29) is 5.91 Å². The van der Waals surface area contributed by atoms with Crippen LogP contribution in [0.2, 0.25) is 0 Å². The van der Waals surface area contributed by atoms with Crippen LogP contribution in [-0.2, 0) is 4.79 Å². The summed E-state index contributed by atoms with van der Waals surface area (Å²) >= 11 is 1.45. The van der Waals surface area contributed by atoms with Gasteiger partial charge in [-0.25, -0.2) is 0 Å².